The summed E-state index contributed by atoms with van der Waals surface area (Å²) >= 11 is 0. The Balaban J connectivity index is 2.41. The van der Waals surface area contributed by atoms with Gasteiger partial charge in [-0.3, -0.25) is 0 Å². The normalized spacial score (nSPS) is 10.4. The first-order chi connectivity index (χ1) is 7.70. The van der Waals surface area contributed by atoms with Crippen molar-refractivity contribution in [3.63, 3.8) is 0 Å². The van der Waals surface area contributed by atoms with Gasteiger partial charge in [0.05, 0.1) is 6.61 Å². The van der Waals surface area contributed by atoms with E-state index in [1.807, 2.05) is 25.1 Å². The topological polar surface area (TPSA) is 33.1 Å². The summed E-state index contributed by atoms with van der Waals surface area (Å²) in [5.74, 6) is -0.479. The van der Waals surface area contributed by atoms with E-state index in [1.54, 1.807) is 6.07 Å². The van der Waals surface area contributed by atoms with E-state index in [4.69, 9.17) is 5.11 Å². The Labute approximate surface area is 93.4 Å². The third-order valence-corrected chi connectivity index (χ3v) is 2.57. The number of hydrogen-bond donors (Lipinski definition) is 1. The van der Waals surface area contributed by atoms with Crippen molar-refractivity contribution in [1.82, 2.24) is 4.98 Å². The van der Waals surface area contributed by atoms with E-state index in [2.05, 4.69) is 4.98 Å². The molecule has 2 nitrogen and oxygen atoms in total. The smallest absolute Gasteiger partial charge is 0.212 e. The summed E-state index contributed by atoms with van der Waals surface area (Å²) < 4.78 is 12.7. The minimum Gasteiger partial charge on any atom is -0.392 e. The number of benzene rings is 1. The molecular formula is C13H12FNO. The van der Waals surface area contributed by atoms with Gasteiger partial charge in [-0.05, 0) is 35.7 Å². The highest BCUT2D eigenvalue weighted by Crippen LogP contribution is 2.21. The largest absolute Gasteiger partial charge is 0.392 e. The Morgan fingerprint density at radius 2 is 1.94 bits per heavy atom. The van der Waals surface area contributed by atoms with Gasteiger partial charge in [0.25, 0.3) is 0 Å². The van der Waals surface area contributed by atoms with Crippen molar-refractivity contribution >= 4 is 0 Å². The Morgan fingerprint density at radius 1 is 1.19 bits per heavy atom. The Kier molecular flexibility index (Phi) is 2.97. The van der Waals surface area contributed by atoms with E-state index in [0.717, 1.165) is 22.3 Å². The number of halogens is 1. The molecule has 1 aromatic heterocycles. The van der Waals surface area contributed by atoms with Gasteiger partial charge >= 0.3 is 0 Å². The van der Waals surface area contributed by atoms with Crippen molar-refractivity contribution in [3.05, 3.63) is 53.6 Å². The quantitative estimate of drug-likeness (QED) is 0.784. The number of aryl methyl sites for hydroxylation is 1. The molecule has 0 atom stereocenters. The fourth-order valence-corrected chi connectivity index (χ4v) is 1.60. The maximum Gasteiger partial charge on any atom is 0.212 e. The summed E-state index contributed by atoms with van der Waals surface area (Å²) in [4.78, 5) is 3.61. The van der Waals surface area contributed by atoms with Crippen LogP contribution in [0, 0.1) is 12.9 Å². The molecule has 0 aliphatic carbocycles. The van der Waals surface area contributed by atoms with E-state index in [0.29, 0.717) is 0 Å². The molecule has 0 aliphatic rings. The first-order valence-electron chi connectivity index (χ1n) is 5.03. The molecule has 0 radical (unpaired) electrons. The molecule has 1 N–H and O–H groups in total. The van der Waals surface area contributed by atoms with Crippen LogP contribution < -0.4 is 0 Å². The third-order valence-electron chi connectivity index (χ3n) is 2.57. The maximum atomic E-state index is 12.7. The maximum absolute atomic E-state index is 12.7. The minimum atomic E-state index is -0.479. The first kappa shape index (κ1) is 10.8. The number of hydrogen-bond acceptors (Lipinski definition) is 2. The summed E-state index contributed by atoms with van der Waals surface area (Å²) in [6.45, 7) is 1.97. The molecule has 0 spiro atoms. The molecule has 0 amide bonds. The molecule has 2 rings (SSSR count). The lowest BCUT2D eigenvalue weighted by atomic mass is 10.0. The predicted molar refractivity (Wildman–Crippen MR) is 60.3 cm³/mol. The van der Waals surface area contributed by atoms with E-state index < -0.39 is 5.95 Å². The van der Waals surface area contributed by atoms with Crippen molar-refractivity contribution in [2.45, 2.75) is 13.5 Å². The SMILES string of the molecule is Cc1cc(-c2ccc(F)nc2)ccc1CO. The van der Waals surface area contributed by atoms with Crippen LogP contribution in [0.2, 0.25) is 0 Å². The highest BCUT2D eigenvalue weighted by molar-refractivity contribution is 5.63. The van der Waals surface area contributed by atoms with Gasteiger partial charge in [0.2, 0.25) is 5.95 Å². The molecular weight excluding hydrogens is 205 g/mol. The van der Waals surface area contributed by atoms with Gasteiger partial charge in [-0.25, -0.2) is 4.98 Å². The van der Waals surface area contributed by atoms with Crippen molar-refractivity contribution in [1.29, 1.82) is 0 Å². The summed E-state index contributed by atoms with van der Waals surface area (Å²) in [5, 5.41) is 9.05. The lowest BCUT2D eigenvalue weighted by Crippen LogP contribution is -1.90. The fourth-order valence-electron chi connectivity index (χ4n) is 1.60. The molecule has 0 fully saturated rings. The number of aliphatic hydroxyl groups is 1. The Hall–Kier alpha value is -1.74. The molecule has 0 saturated carbocycles. The molecule has 82 valence electrons. The van der Waals surface area contributed by atoms with Crippen LogP contribution in [0.15, 0.2) is 36.5 Å². The molecule has 0 aliphatic heterocycles. The average Bonchev–Trinajstić information content (AvgIpc) is 2.30. The number of aromatic nitrogens is 1. The predicted octanol–water partition coefficient (Wildman–Crippen LogP) is 2.69. The molecule has 0 bridgehead atoms. The van der Waals surface area contributed by atoms with Crippen molar-refractivity contribution in [3.8, 4) is 11.1 Å². The van der Waals surface area contributed by atoms with E-state index >= 15 is 0 Å². The highest BCUT2D eigenvalue weighted by atomic mass is 19.1. The molecule has 0 unspecified atom stereocenters. The zero-order valence-corrected chi connectivity index (χ0v) is 8.94. The Morgan fingerprint density at radius 3 is 2.50 bits per heavy atom. The standard InChI is InChI=1S/C13H12FNO/c1-9-6-10(2-3-12(9)8-16)11-4-5-13(14)15-7-11/h2-7,16H,8H2,1H3. The Bertz CT molecular complexity index is 494. The van der Waals surface area contributed by atoms with E-state index in [-0.39, 0.29) is 6.61 Å². The lowest BCUT2D eigenvalue weighted by Gasteiger charge is -2.06. The second kappa shape index (κ2) is 4.41. The highest BCUT2D eigenvalue weighted by Gasteiger charge is 2.02. The first-order valence-corrected chi connectivity index (χ1v) is 5.03. The van der Waals surface area contributed by atoms with Crippen molar-refractivity contribution in [2.75, 3.05) is 0 Å². The summed E-state index contributed by atoms with van der Waals surface area (Å²) in [6, 6.07) is 8.75. The van der Waals surface area contributed by atoms with Gasteiger partial charge in [0, 0.05) is 11.8 Å². The van der Waals surface area contributed by atoms with Gasteiger partial charge in [0.15, 0.2) is 0 Å². The summed E-state index contributed by atoms with van der Waals surface area (Å²) in [5.41, 5.74) is 3.76. The van der Waals surface area contributed by atoms with Gasteiger partial charge in [0.1, 0.15) is 0 Å². The third kappa shape index (κ3) is 2.09. The fraction of sp³-hybridized carbons (Fsp3) is 0.154. The van der Waals surface area contributed by atoms with Crippen LogP contribution in [0.5, 0.6) is 0 Å². The number of nitrogens with zero attached hydrogens (tertiary/aromatic N) is 1. The summed E-state index contributed by atoms with van der Waals surface area (Å²) in [6.07, 6.45) is 1.50. The molecule has 1 heterocycles. The molecule has 3 heteroatoms. The molecule has 2 aromatic rings. The summed E-state index contributed by atoms with van der Waals surface area (Å²) in [7, 11) is 0. The van der Waals surface area contributed by atoms with Crippen LogP contribution >= 0.6 is 0 Å². The van der Waals surface area contributed by atoms with Crippen molar-refractivity contribution in [2.24, 2.45) is 0 Å². The van der Waals surface area contributed by atoms with E-state index in [9.17, 15) is 4.39 Å². The van der Waals surface area contributed by atoms with Crippen molar-refractivity contribution < 1.29 is 9.50 Å². The van der Waals surface area contributed by atoms with Crippen LogP contribution in [-0.4, -0.2) is 10.1 Å². The lowest BCUT2D eigenvalue weighted by molar-refractivity contribution is 0.281. The second-order valence-electron chi connectivity index (χ2n) is 3.67. The number of rotatable bonds is 2. The zero-order chi connectivity index (χ0) is 11.5. The van der Waals surface area contributed by atoms with Crippen LogP contribution in [0.4, 0.5) is 4.39 Å². The second-order valence-corrected chi connectivity index (χ2v) is 3.67. The van der Waals surface area contributed by atoms with Crippen LogP contribution in [0.25, 0.3) is 11.1 Å². The van der Waals surface area contributed by atoms with Crippen LogP contribution in [-0.2, 0) is 6.61 Å². The monoisotopic (exact) mass is 217 g/mol. The minimum absolute atomic E-state index is 0.0355. The zero-order valence-electron chi connectivity index (χ0n) is 8.94. The number of aliphatic hydroxyl groups excluding tert-OH is 1. The van der Waals surface area contributed by atoms with Gasteiger partial charge in [-0.15, -0.1) is 0 Å². The number of pyridine rings is 1. The average molecular weight is 217 g/mol. The molecule has 0 saturated heterocycles. The van der Waals surface area contributed by atoms with Crippen LogP contribution in [0.1, 0.15) is 11.1 Å². The molecule has 16 heavy (non-hydrogen) atoms. The van der Waals surface area contributed by atoms with Gasteiger partial charge in [-0.2, -0.15) is 4.39 Å². The van der Waals surface area contributed by atoms with E-state index in [1.165, 1.54) is 12.3 Å². The van der Waals surface area contributed by atoms with Crippen LogP contribution in [0.3, 0.4) is 0 Å². The molecule has 1 aromatic carbocycles. The van der Waals surface area contributed by atoms with Gasteiger partial charge < -0.3 is 5.11 Å². The van der Waals surface area contributed by atoms with Gasteiger partial charge in [-0.1, -0.05) is 18.2 Å².